The van der Waals surface area contributed by atoms with E-state index in [1.807, 2.05) is 6.92 Å². The van der Waals surface area contributed by atoms with Crippen LogP contribution in [-0.4, -0.2) is 37.2 Å². The van der Waals surface area contributed by atoms with Crippen molar-refractivity contribution in [1.29, 1.82) is 0 Å². The monoisotopic (exact) mass is 446 g/mol. The standard InChI is InChI=1S/C14H21F3N4O.HI/c1-4-10(2)21-13(18-3)19-7-8-22-12-6-5-11(9-20-12)14(15,16)17;/h5-6,9-10H,4,7-8H2,1-3H3,(H2,18,19,21);1H. The van der Waals surface area contributed by atoms with Gasteiger partial charge in [0.1, 0.15) is 6.61 Å². The third kappa shape index (κ3) is 8.24. The Kier molecular flexibility index (Phi) is 9.93. The van der Waals surface area contributed by atoms with Crippen molar-refractivity contribution in [2.24, 2.45) is 4.99 Å². The van der Waals surface area contributed by atoms with Gasteiger partial charge in [-0.15, -0.1) is 24.0 Å². The molecule has 0 bridgehead atoms. The first-order valence-electron chi connectivity index (χ1n) is 7.00. The Morgan fingerprint density at radius 2 is 2.09 bits per heavy atom. The third-order valence-corrected chi connectivity index (χ3v) is 2.93. The van der Waals surface area contributed by atoms with E-state index in [2.05, 4.69) is 27.5 Å². The lowest BCUT2D eigenvalue weighted by molar-refractivity contribution is -0.137. The minimum atomic E-state index is -4.39. The Balaban J connectivity index is 0.00000484. The summed E-state index contributed by atoms with van der Waals surface area (Å²) in [6.45, 7) is 4.82. The van der Waals surface area contributed by atoms with Gasteiger partial charge in [0.2, 0.25) is 5.88 Å². The Morgan fingerprint density at radius 3 is 2.57 bits per heavy atom. The predicted molar refractivity (Wildman–Crippen MR) is 94.4 cm³/mol. The molecule has 1 unspecified atom stereocenters. The molecule has 0 saturated heterocycles. The minimum absolute atomic E-state index is 0. The molecule has 2 N–H and O–H groups in total. The van der Waals surface area contributed by atoms with Gasteiger partial charge in [-0.2, -0.15) is 13.2 Å². The number of guanidine groups is 1. The van der Waals surface area contributed by atoms with Gasteiger partial charge in [-0.05, 0) is 19.4 Å². The van der Waals surface area contributed by atoms with Crippen LogP contribution in [0.3, 0.4) is 0 Å². The number of halogens is 4. The topological polar surface area (TPSA) is 58.5 Å². The van der Waals surface area contributed by atoms with Gasteiger partial charge in [0, 0.05) is 25.4 Å². The van der Waals surface area contributed by atoms with E-state index in [4.69, 9.17) is 4.74 Å². The number of hydrogen-bond donors (Lipinski definition) is 2. The van der Waals surface area contributed by atoms with Crippen molar-refractivity contribution in [2.45, 2.75) is 32.5 Å². The molecule has 5 nitrogen and oxygen atoms in total. The molecule has 132 valence electrons. The molecule has 1 aromatic heterocycles. The summed E-state index contributed by atoms with van der Waals surface area (Å²) in [6.07, 6.45) is -2.67. The second kappa shape index (κ2) is 10.5. The van der Waals surface area contributed by atoms with E-state index in [-0.39, 0.29) is 36.5 Å². The van der Waals surface area contributed by atoms with Gasteiger partial charge in [0.05, 0.1) is 12.1 Å². The Labute approximate surface area is 151 Å². The molecule has 0 aromatic carbocycles. The summed E-state index contributed by atoms with van der Waals surface area (Å²) in [5.74, 6) is 0.804. The molecule has 0 saturated carbocycles. The summed E-state index contributed by atoms with van der Waals surface area (Å²) < 4.78 is 42.4. The number of nitrogens with zero attached hydrogens (tertiary/aromatic N) is 2. The summed E-state index contributed by atoms with van der Waals surface area (Å²) >= 11 is 0. The van der Waals surface area contributed by atoms with Gasteiger partial charge >= 0.3 is 6.18 Å². The molecule has 1 atom stereocenters. The lowest BCUT2D eigenvalue weighted by Gasteiger charge is -2.16. The summed E-state index contributed by atoms with van der Waals surface area (Å²) in [6, 6.07) is 2.44. The smallest absolute Gasteiger partial charge is 0.417 e. The van der Waals surface area contributed by atoms with E-state index in [0.717, 1.165) is 18.7 Å². The second-order valence-electron chi connectivity index (χ2n) is 4.68. The van der Waals surface area contributed by atoms with Gasteiger partial charge in [-0.1, -0.05) is 6.92 Å². The fraction of sp³-hybridized carbons (Fsp3) is 0.571. The fourth-order valence-corrected chi connectivity index (χ4v) is 1.49. The largest absolute Gasteiger partial charge is 0.476 e. The van der Waals surface area contributed by atoms with Crippen molar-refractivity contribution < 1.29 is 17.9 Å². The van der Waals surface area contributed by atoms with Crippen LogP contribution in [0.25, 0.3) is 0 Å². The van der Waals surface area contributed by atoms with Crippen LogP contribution in [0.1, 0.15) is 25.8 Å². The van der Waals surface area contributed by atoms with Gasteiger partial charge in [0.25, 0.3) is 0 Å². The first-order valence-corrected chi connectivity index (χ1v) is 7.00. The fourth-order valence-electron chi connectivity index (χ4n) is 1.49. The molecule has 9 heteroatoms. The number of nitrogens with one attached hydrogen (secondary N) is 2. The molecular formula is C14H22F3IN4O. The highest BCUT2D eigenvalue weighted by Gasteiger charge is 2.30. The molecule has 1 rings (SSSR count). The maximum Gasteiger partial charge on any atom is 0.417 e. The average Bonchev–Trinajstić information content (AvgIpc) is 2.49. The van der Waals surface area contributed by atoms with Crippen molar-refractivity contribution in [1.82, 2.24) is 15.6 Å². The lowest BCUT2D eigenvalue weighted by atomic mass is 10.3. The van der Waals surface area contributed by atoms with Crippen molar-refractivity contribution in [3.8, 4) is 5.88 Å². The number of pyridine rings is 1. The normalized spacial score (nSPS) is 13.0. The molecule has 23 heavy (non-hydrogen) atoms. The van der Waals surface area contributed by atoms with Gasteiger partial charge in [-0.3, -0.25) is 4.99 Å². The number of alkyl halides is 3. The van der Waals surface area contributed by atoms with Gasteiger partial charge in [-0.25, -0.2) is 4.98 Å². The first-order chi connectivity index (χ1) is 10.4. The maximum atomic E-state index is 12.4. The van der Waals surface area contributed by atoms with Crippen LogP contribution >= 0.6 is 24.0 Å². The SMILES string of the molecule is CCC(C)NC(=NC)NCCOc1ccc(C(F)(F)F)cn1.I. The first kappa shape index (κ1) is 21.7. The van der Waals surface area contributed by atoms with E-state index < -0.39 is 11.7 Å². The molecule has 1 heterocycles. The van der Waals surface area contributed by atoms with E-state index >= 15 is 0 Å². The van der Waals surface area contributed by atoms with Crippen molar-refractivity contribution in [3.63, 3.8) is 0 Å². The quantitative estimate of drug-likeness (QED) is 0.305. The molecule has 1 aromatic rings. The number of aliphatic imine (C=N–C) groups is 1. The molecule has 0 aliphatic rings. The number of rotatable bonds is 6. The molecule has 0 spiro atoms. The summed E-state index contributed by atoms with van der Waals surface area (Å²) in [5.41, 5.74) is -0.795. The van der Waals surface area contributed by atoms with Crippen molar-refractivity contribution in [3.05, 3.63) is 23.9 Å². The molecular weight excluding hydrogens is 424 g/mol. The minimum Gasteiger partial charge on any atom is -0.476 e. The van der Waals surface area contributed by atoms with Crippen LogP contribution in [-0.2, 0) is 6.18 Å². The van der Waals surface area contributed by atoms with E-state index in [1.165, 1.54) is 6.07 Å². The van der Waals surface area contributed by atoms with Crippen molar-refractivity contribution >= 4 is 29.9 Å². The van der Waals surface area contributed by atoms with Crippen LogP contribution < -0.4 is 15.4 Å². The molecule has 0 aliphatic carbocycles. The molecule has 0 aliphatic heterocycles. The molecule has 0 radical (unpaired) electrons. The molecule has 0 amide bonds. The van der Waals surface area contributed by atoms with E-state index in [0.29, 0.717) is 18.5 Å². The predicted octanol–water partition coefficient (Wildman–Crippen LogP) is 3.06. The summed E-state index contributed by atoms with van der Waals surface area (Å²) in [7, 11) is 1.66. The van der Waals surface area contributed by atoms with Crippen LogP contribution in [0.15, 0.2) is 23.3 Å². The highest BCUT2D eigenvalue weighted by Crippen LogP contribution is 2.29. The second-order valence-corrected chi connectivity index (χ2v) is 4.68. The zero-order chi connectivity index (χ0) is 16.6. The lowest BCUT2D eigenvalue weighted by Crippen LogP contribution is -2.43. The number of aromatic nitrogens is 1. The van der Waals surface area contributed by atoms with Crippen LogP contribution in [0.2, 0.25) is 0 Å². The number of ether oxygens (including phenoxy) is 1. The highest BCUT2D eigenvalue weighted by molar-refractivity contribution is 14.0. The maximum absolute atomic E-state index is 12.4. The zero-order valence-electron chi connectivity index (χ0n) is 13.3. The summed E-state index contributed by atoms with van der Waals surface area (Å²) in [5, 5.41) is 6.23. The Bertz CT molecular complexity index is 480. The zero-order valence-corrected chi connectivity index (χ0v) is 15.6. The van der Waals surface area contributed by atoms with E-state index in [9.17, 15) is 13.2 Å². The average molecular weight is 446 g/mol. The van der Waals surface area contributed by atoms with Gasteiger partial charge in [0.15, 0.2) is 5.96 Å². The van der Waals surface area contributed by atoms with Crippen LogP contribution in [0, 0.1) is 0 Å². The highest BCUT2D eigenvalue weighted by atomic mass is 127. The number of hydrogen-bond acceptors (Lipinski definition) is 3. The summed E-state index contributed by atoms with van der Waals surface area (Å²) in [4.78, 5) is 7.69. The Hall–Kier alpha value is -1.26. The van der Waals surface area contributed by atoms with Crippen LogP contribution in [0.4, 0.5) is 13.2 Å². The third-order valence-electron chi connectivity index (χ3n) is 2.93. The van der Waals surface area contributed by atoms with Gasteiger partial charge < -0.3 is 15.4 Å². The Morgan fingerprint density at radius 1 is 1.39 bits per heavy atom. The van der Waals surface area contributed by atoms with Crippen molar-refractivity contribution in [2.75, 3.05) is 20.2 Å². The molecule has 0 fully saturated rings. The van der Waals surface area contributed by atoms with Crippen LogP contribution in [0.5, 0.6) is 5.88 Å². The van der Waals surface area contributed by atoms with E-state index in [1.54, 1.807) is 7.05 Å².